The number of allylic oxidation sites excluding steroid dienone is 1. The van der Waals surface area contributed by atoms with E-state index in [2.05, 4.69) is 20.9 Å². The standard InChI is InChI=1S/C28H27BrN2O7S/c1-5-36-27(35)24-16(4)30-28-31(25(24)18-8-6-7-9-20(18)38-15(2)3)26(34)22(39-28)13-17-10-11-21(19(29)12-17)37-14-23(32)33/h6-13,15,25H,5,14H2,1-4H3,(H,32,33)/b22-13+/t25-/m1/s1. The Morgan fingerprint density at radius 3 is 2.62 bits per heavy atom. The smallest absolute Gasteiger partial charge is 0.341 e. The third-order valence-electron chi connectivity index (χ3n) is 5.70. The van der Waals surface area contributed by atoms with Gasteiger partial charge in [0.1, 0.15) is 17.5 Å². The number of carboxylic acids is 1. The van der Waals surface area contributed by atoms with Crippen LogP contribution in [0.15, 0.2) is 68.0 Å². The van der Waals surface area contributed by atoms with Crippen molar-refractivity contribution in [3.63, 3.8) is 0 Å². The number of thiazole rings is 1. The number of hydrogen-bond acceptors (Lipinski definition) is 8. The fourth-order valence-corrected chi connectivity index (χ4v) is 5.73. The van der Waals surface area contributed by atoms with Gasteiger partial charge in [0, 0.05) is 5.56 Å². The van der Waals surface area contributed by atoms with Crippen LogP contribution in [0.3, 0.4) is 0 Å². The molecule has 0 aliphatic carbocycles. The summed E-state index contributed by atoms with van der Waals surface area (Å²) in [6, 6.07) is 11.6. The van der Waals surface area contributed by atoms with E-state index in [9.17, 15) is 14.4 Å². The number of ether oxygens (including phenoxy) is 3. The van der Waals surface area contributed by atoms with Crippen LogP contribution in [0.4, 0.5) is 0 Å². The third-order valence-corrected chi connectivity index (χ3v) is 7.30. The van der Waals surface area contributed by atoms with Crippen molar-refractivity contribution >= 4 is 45.3 Å². The predicted octanol–water partition coefficient (Wildman–Crippen LogP) is 3.81. The summed E-state index contributed by atoms with van der Waals surface area (Å²) in [6.45, 7) is 6.98. The van der Waals surface area contributed by atoms with E-state index in [1.807, 2.05) is 38.1 Å². The molecule has 1 aliphatic rings. The van der Waals surface area contributed by atoms with E-state index >= 15 is 0 Å². The van der Waals surface area contributed by atoms with E-state index in [1.165, 1.54) is 15.9 Å². The van der Waals surface area contributed by atoms with Crippen molar-refractivity contribution in [2.45, 2.75) is 39.8 Å². The van der Waals surface area contributed by atoms with E-state index in [1.54, 1.807) is 38.1 Å². The lowest BCUT2D eigenvalue weighted by Crippen LogP contribution is -2.40. The zero-order valence-corrected chi connectivity index (χ0v) is 24.2. The first-order valence-corrected chi connectivity index (χ1v) is 13.8. The summed E-state index contributed by atoms with van der Waals surface area (Å²) >= 11 is 4.60. The molecule has 0 unspecified atom stereocenters. The molecule has 1 N–H and O–H groups in total. The fraction of sp³-hybridized carbons (Fsp3) is 0.286. The number of rotatable bonds is 9. The van der Waals surface area contributed by atoms with E-state index in [4.69, 9.17) is 19.3 Å². The first-order valence-electron chi connectivity index (χ1n) is 12.2. The van der Waals surface area contributed by atoms with Crippen molar-refractivity contribution in [3.8, 4) is 11.5 Å². The quantitative estimate of drug-likeness (QED) is 0.364. The SMILES string of the molecule is CCOC(=O)C1=C(C)N=c2s/c(=C/c3ccc(OCC(=O)O)c(Br)c3)c(=O)n2[C@@H]1c1ccccc1OC(C)C. The molecule has 0 saturated heterocycles. The van der Waals surface area contributed by atoms with Crippen LogP contribution in [0.1, 0.15) is 44.9 Å². The molecular weight excluding hydrogens is 588 g/mol. The van der Waals surface area contributed by atoms with Gasteiger partial charge in [-0.15, -0.1) is 0 Å². The molecule has 0 radical (unpaired) electrons. The second-order valence-corrected chi connectivity index (χ2v) is 10.7. The number of halogens is 1. The Morgan fingerprint density at radius 1 is 1.21 bits per heavy atom. The topological polar surface area (TPSA) is 116 Å². The highest BCUT2D eigenvalue weighted by Crippen LogP contribution is 2.36. The van der Waals surface area contributed by atoms with Crippen molar-refractivity contribution in [2.75, 3.05) is 13.2 Å². The maximum atomic E-state index is 13.9. The molecule has 11 heteroatoms. The molecule has 0 amide bonds. The Balaban J connectivity index is 1.88. The van der Waals surface area contributed by atoms with Gasteiger partial charge in [-0.3, -0.25) is 9.36 Å². The van der Waals surface area contributed by atoms with Crippen LogP contribution < -0.4 is 24.4 Å². The van der Waals surface area contributed by atoms with Gasteiger partial charge < -0.3 is 19.3 Å². The lowest BCUT2D eigenvalue weighted by atomic mass is 9.95. The number of benzene rings is 2. The molecular formula is C28H27BrN2O7S. The first kappa shape index (κ1) is 28.3. The number of carbonyl (C=O) groups excluding carboxylic acids is 1. The van der Waals surface area contributed by atoms with Crippen LogP contribution in [0, 0.1) is 0 Å². The maximum Gasteiger partial charge on any atom is 0.341 e. The van der Waals surface area contributed by atoms with Gasteiger partial charge in [0.25, 0.3) is 5.56 Å². The van der Waals surface area contributed by atoms with Crippen LogP contribution in [-0.4, -0.2) is 40.9 Å². The highest BCUT2D eigenvalue weighted by molar-refractivity contribution is 9.10. The summed E-state index contributed by atoms with van der Waals surface area (Å²) in [5.74, 6) is -0.699. The predicted molar refractivity (Wildman–Crippen MR) is 150 cm³/mol. The minimum atomic E-state index is -1.08. The molecule has 3 aromatic rings. The molecule has 2 heterocycles. The highest BCUT2D eigenvalue weighted by Gasteiger charge is 2.35. The third kappa shape index (κ3) is 6.15. The zero-order valence-electron chi connectivity index (χ0n) is 21.8. The van der Waals surface area contributed by atoms with Gasteiger partial charge in [-0.05, 0) is 73.5 Å². The molecule has 0 saturated carbocycles. The molecule has 4 rings (SSSR count). The minimum Gasteiger partial charge on any atom is -0.491 e. The molecule has 2 aromatic carbocycles. The lowest BCUT2D eigenvalue weighted by Gasteiger charge is -2.26. The van der Waals surface area contributed by atoms with Gasteiger partial charge in [0.2, 0.25) is 0 Å². The number of esters is 1. The maximum absolute atomic E-state index is 13.9. The molecule has 39 heavy (non-hydrogen) atoms. The normalized spacial score (nSPS) is 15.1. The van der Waals surface area contributed by atoms with Crippen LogP contribution in [0.25, 0.3) is 6.08 Å². The number of aliphatic carboxylic acids is 1. The average Bonchev–Trinajstić information content (AvgIpc) is 3.17. The van der Waals surface area contributed by atoms with Crippen molar-refractivity contribution in [1.82, 2.24) is 4.57 Å². The number of para-hydroxylation sites is 1. The number of aromatic nitrogens is 1. The van der Waals surface area contributed by atoms with E-state index in [0.29, 0.717) is 42.1 Å². The van der Waals surface area contributed by atoms with Crippen molar-refractivity contribution < 1.29 is 28.9 Å². The summed E-state index contributed by atoms with van der Waals surface area (Å²) in [5.41, 5.74) is 1.77. The second kappa shape index (κ2) is 12.0. The molecule has 0 fully saturated rings. The van der Waals surface area contributed by atoms with E-state index < -0.39 is 24.6 Å². The molecule has 9 nitrogen and oxygen atoms in total. The number of carboxylic acid groups (broad SMARTS) is 1. The fourth-order valence-electron chi connectivity index (χ4n) is 4.17. The van der Waals surface area contributed by atoms with Gasteiger partial charge in [0.15, 0.2) is 11.4 Å². The Kier molecular flexibility index (Phi) is 8.71. The number of fused-ring (bicyclic) bond motifs is 1. The van der Waals surface area contributed by atoms with Gasteiger partial charge in [-0.1, -0.05) is 35.6 Å². The average molecular weight is 616 g/mol. The summed E-state index contributed by atoms with van der Waals surface area (Å²) in [6.07, 6.45) is 1.59. The van der Waals surface area contributed by atoms with Gasteiger partial charge in [-0.2, -0.15) is 0 Å². The second-order valence-electron chi connectivity index (χ2n) is 8.88. The highest BCUT2D eigenvalue weighted by atomic mass is 79.9. The molecule has 204 valence electrons. The Bertz CT molecular complexity index is 1640. The van der Waals surface area contributed by atoms with Crippen LogP contribution in [-0.2, 0) is 14.3 Å². The first-order chi connectivity index (χ1) is 18.6. The van der Waals surface area contributed by atoms with Crippen molar-refractivity contribution in [2.24, 2.45) is 4.99 Å². The number of carbonyl (C=O) groups is 2. The van der Waals surface area contributed by atoms with Crippen LogP contribution >= 0.6 is 27.3 Å². The van der Waals surface area contributed by atoms with Gasteiger partial charge >= 0.3 is 11.9 Å². The zero-order chi connectivity index (χ0) is 28.3. The molecule has 0 spiro atoms. The summed E-state index contributed by atoms with van der Waals surface area (Å²) < 4.78 is 19.2. The van der Waals surface area contributed by atoms with Crippen LogP contribution in [0.5, 0.6) is 11.5 Å². The van der Waals surface area contributed by atoms with Crippen molar-refractivity contribution in [1.29, 1.82) is 0 Å². The summed E-state index contributed by atoms with van der Waals surface area (Å²) in [5, 5.41) is 8.86. The largest absolute Gasteiger partial charge is 0.491 e. The molecule has 1 aliphatic heterocycles. The number of hydrogen-bond donors (Lipinski definition) is 1. The monoisotopic (exact) mass is 614 g/mol. The Labute approximate surface area is 236 Å². The Morgan fingerprint density at radius 2 is 1.95 bits per heavy atom. The van der Waals surface area contributed by atoms with E-state index in [0.717, 1.165) is 0 Å². The molecule has 1 atom stereocenters. The van der Waals surface area contributed by atoms with Crippen LogP contribution in [0.2, 0.25) is 0 Å². The van der Waals surface area contributed by atoms with Crippen molar-refractivity contribution in [3.05, 3.63) is 89.0 Å². The van der Waals surface area contributed by atoms with Gasteiger partial charge in [-0.25, -0.2) is 14.6 Å². The van der Waals surface area contributed by atoms with Gasteiger partial charge in [0.05, 0.1) is 33.0 Å². The Hall–Kier alpha value is -3.70. The summed E-state index contributed by atoms with van der Waals surface area (Å²) in [4.78, 5) is 42.9. The van der Waals surface area contributed by atoms with E-state index in [-0.39, 0.29) is 23.8 Å². The molecule has 1 aromatic heterocycles. The minimum absolute atomic E-state index is 0.126. The number of nitrogens with zero attached hydrogens (tertiary/aromatic N) is 2. The molecule has 0 bridgehead atoms. The summed E-state index contributed by atoms with van der Waals surface area (Å²) in [7, 11) is 0. The lowest BCUT2D eigenvalue weighted by molar-refractivity contribution is -0.140.